The summed E-state index contributed by atoms with van der Waals surface area (Å²) in [6.07, 6.45) is 5.01. The number of halogens is 1. The van der Waals surface area contributed by atoms with Gasteiger partial charge in [0.05, 0.1) is 5.02 Å². The third-order valence-electron chi connectivity index (χ3n) is 3.69. The topological polar surface area (TPSA) is 77.8 Å². The van der Waals surface area contributed by atoms with Gasteiger partial charge in [0, 0.05) is 12.1 Å². The van der Waals surface area contributed by atoms with Gasteiger partial charge in [-0.05, 0) is 37.4 Å². The third kappa shape index (κ3) is 2.35. The van der Waals surface area contributed by atoms with Crippen LogP contribution in [0, 0.1) is 5.92 Å². The quantitative estimate of drug-likeness (QED) is 0.934. The minimum absolute atomic E-state index is 0.272. The molecule has 0 spiro atoms. The van der Waals surface area contributed by atoms with Gasteiger partial charge in [-0.1, -0.05) is 23.2 Å². The molecule has 3 rings (SSSR count). The van der Waals surface area contributed by atoms with E-state index in [4.69, 9.17) is 21.9 Å². The maximum atomic E-state index is 6.08. The van der Waals surface area contributed by atoms with Crippen LogP contribution in [0.5, 0.6) is 0 Å². The molecule has 2 heterocycles. The molecule has 1 aliphatic rings. The number of aromatic nitrogens is 3. The highest BCUT2D eigenvalue weighted by Crippen LogP contribution is 2.38. The Morgan fingerprint density at radius 1 is 1.42 bits per heavy atom. The van der Waals surface area contributed by atoms with E-state index in [1.54, 1.807) is 18.3 Å². The molecule has 0 aromatic carbocycles. The monoisotopic (exact) mass is 278 g/mol. The average molecular weight is 279 g/mol. The fourth-order valence-corrected chi connectivity index (χ4v) is 2.88. The molecule has 2 unspecified atom stereocenters. The van der Waals surface area contributed by atoms with Crippen LogP contribution in [0.25, 0.3) is 11.5 Å². The smallest absolute Gasteiger partial charge is 0.230 e. The zero-order chi connectivity index (χ0) is 13.2. The van der Waals surface area contributed by atoms with Gasteiger partial charge in [0.15, 0.2) is 0 Å². The summed E-state index contributed by atoms with van der Waals surface area (Å²) in [5.41, 5.74) is 6.34. The number of nitrogens with zero attached hydrogens (tertiary/aromatic N) is 3. The first-order valence-corrected chi connectivity index (χ1v) is 6.82. The van der Waals surface area contributed by atoms with E-state index in [-0.39, 0.29) is 5.92 Å². The summed E-state index contributed by atoms with van der Waals surface area (Å²) < 4.78 is 5.37. The average Bonchev–Trinajstić information content (AvgIpc) is 3.07. The summed E-state index contributed by atoms with van der Waals surface area (Å²) in [5.74, 6) is 1.81. The van der Waals surface area contributed by atoms with Crippen molar-refractivity contribution in [2.24, 2.45) is 11.7 Å². The second-order valence-corrected chi connectivity index (χ2v) is 5.23. The Morgan fingerprint density at radius 2 is 2.32 bits per heavy atom. The molecular weight excluding hydrogens is 264 g/mol. The van der Waals surface area contributed by atoms with E-state index in [0.29, 0.717) is 34.9 Å². The molecule has 2 N–H and O–H groups in total. The van der Waals surface area contributed by atoms with Crippen LogP contribution in [-0.4, -0.2) is 21.7 Å². The van der Waals surface area contributed by atoms with E-state index >= 15 is 0 Å². The normalized spacial score (nSPS) is 22.8. The van der Waals surface area contributed by atoms with Crippen LogP contribution in [0.1, 0.15) is 31.1 Å². The van der Waals surface area contributed by atoms with Crippen molar-refractivity contribution in [3.63, 3.8) is 0 Å². The molecule has 0 saturated heterocycles. The lowest BCUT2D eigenvalue weighted by Gasteiger charge is -2.12. The lowest BCUT2D eigenvalue weighted by Crippen LogP contribution is -2.17. The summed E-state index contributed by atoms with van der Waals surface area (Å²) in [5, 5.41) is 4.51. The van der Waals surface area contributed by atoms with Crippen LogP contribution < -0.4 is 5.73 Å². The molecule has 0 radical (unpaired) electrons. The van der Waals surface area contributed by atoms with Gasteiger partial charge in [0.1, 0.15) is 5.69 Å². The van der Waals surface area contributed by atoms with Crippen molar-refractivity contribution >= 4 is 11.6 Å². The zero-order valence-electron chi connectivity index (χ0n) is 10.4. The number of nitrogens with two attached hydrogens (primary N) is 1. The molecule has 1 saturated carbocycles. The van der Waals surface area contributed by atoms with E-state index in [1.807, 2.05) is 0 Å². The van der Waals surface area contributed by atoms with Crippen LogP contribution in [-0.2, 0) is 0 Å². The predicted octanol–water partition coefficient (Wildman–Crippen LogP) is 2.63. The first kappa shape index (κ1) is 12.6. The van der Waals surface area contributed by atoms with Crippen molar-refractivity contribution in [3.05, 3.63) is 29.2 Å². The van der Waals surface area contributed by atoms with Crippen molar-refractivity contribution in [2.45, 2.75) is 25.2 Å². The molecule has 0 amide bonds. The molecular formula is C13H15ClN4O. The van der Waals surface area contributed by atoms with Gasteiger partial charge >= 0.3 is 0 Å². The largest absolute Gasteiger partial charge is 0.339 e. The standard InChI is InChI=1S/C13H15ClN4O/c14-10-5-2-6-16-11(10)12-17-13(19-18-12)9-4-1-3-8(9)7-15/h2,5-6,8-9H,1,3-4,7,15H2. The molecule has 2 aromatic heterocycles. The minimum atomic E-state index is 0.272. The van der Waals surface area contributed by atoms with Crippen molar-refractivity contribution < 1.29 is 4.52 Å². The number of rotatable bonds is 3. The van der Waals surface area contributed by atoms with E-state index in [1.165, 1.54) is 0 Å². The molecule has 2 atom stereocenters. The second-order valence-electron chi connectivity index (χ2n) is 4.82. The van der Waals surface area contributed by atoms with Gasteiger partial charge in [-0.25, -0.2) is 0 Å². The Kier molecular flexibility index (Phi) is 3.48. The molecule has 1 aliphatic carbocycles. The maximum absolute atomic E-state index is 6.08. The van der Waals surface area contributed by atoms with Crippen molar-refractivity contribution in [1.29, 1.82) is 0 Å². The highest BCUT2D eigenvalue weighted by atomic mass is 35.5. The van der Waals surface area contributed by atoms with Gasteiger partial charge in [-0.3, -0.25) is 4.98 Å². The molecule has 6 heteroatoms. The fourth-order valence-electron chi connectivity index (χ4n) is 2.68. The highest BCUT2D eigenvalue weighted by molar-refractivity contribution is 6.32. The van der Waals surface area contributed by atoms with Gasteiger partial charge in [0.2, 0.25) is 11.7 Å². The lowest BCUT2D eigenvalue weighted by atomic mass is 9.96. The zero-order valence-corrected chi connectivity index (χ0v) is 11.2. The van der Waals surface area contributed by atoms with Crippen LogP contribution in [0.3, 0.4) is 0 Å². The number of hydrogen-bond acceptors (Lipinski definition) is 5. The van der Waals surface area contributed by atoms with Crippen LogP contribution in [0.4, 0.5) is 0 Å². The summed E-state index contributed by atoms with van der Waals surface area (Å²) in [6, 6.07) is 3.53. The molecule has 0 aliphatic heterocycles. The molecule has 2 aromatic rings. The van der Waals surface area contributed by atoms with E-state index in [0.717, 1.165) is 19.3 Å². The van der Waals surface area contributed by atoms with Crippen LogP contribution in [0.2, 0.25) is 5.02 Å². The lowest BCUT2D eigenvalue weighted by molar-refractivity contribution is 0.326. The third-order valence-corrected chi connectivity index (χ3v) is 4.00. The van der Waals surface area contributed by atoms with Gasteiger partial charge in [-0.2, -0.15) is 4.98 Å². The van der Waals surface area contributed by atoms with Crippen molar-refractivity contribution in [1.82, 2.24) is 15.1 Å². The van der Waals surface area contributed by atoms with E-state index in [2.05, 4.69) is 15.1 Å². The summed E-state index contributed by atoms with van der Waals surface area (Å²) in [7, 11) is 0. The molecule has 100 valence electrons. The molecule has 19 heavy (non-hydrogen) atoms. The van der Waals surface area contributed by atoms with Crippen molar-refractivity contribution in [2.75, 3.05) is 6.54 Å². The van der Waals surface area contributed by atoms with Gasteiger partial charge in [0.25, 0.3) is 0 Å². The van der Waals surface area contributed by atoms with Crippen LogP contribution in [0.15, 0.2) is 22.9 Å². The molecule has 5 nitrogen and oxygen atoms in total. The Balaban J connectivity index is 1.90. The SMILES string of the molecule is NCC1CCCC1c1nc(-c2ncccc2Cl)no1. The Morgan fingerprint density at radius 3 is 3.11 bits per heavy atom. The van der Waals surface area contributed by atoms with Gasteiger partial charge in [-0.15, -0.1) is 0 Å². The van der Waals surface area contributed by atoms with Gasteiger partial charge < -0.3 is 10.3 Å². The van der Waals surface area contributed by atoms with Crippen LogP contribution >= 0.6 is 11.6 Å². The molecule has 1 fully saturated rings. The Labute approximate surface area is 116 Å². The first-order chi connectivity index (χ1) is 9.29. The Hall–Kier alpha value is -1.46. The summed E-state index contributed by atoms with van der Waals surface area (Å²) in [4.78, 5) is 8.63. The second kappa shape index (κ2) is 5.27. The van der Waals surface area contributed by atoms with E-state index < -0.39 is 0 Å². The number of hydrogen-bond donors (Lipinski definition) is 1. The summed E-state index contributed by atoms with van der Waals surface area (Å²) >= 11 is 6.08. The summed E-state index contributed by atoms with van der Waals surface area (Å²) in [6.45, 7) is 0.659. The van der Waals surface area contributed by atoms with Crippen molar-refractivity contribution in [3.8, 4) is 11.5 Å². The fraction of sp³-hybridized carbons (Fsp3) is 0.462. The first-order valence-electron chi connectivity index (χ1n) is 6.44. The number of pyridine rings is 1. The van der Waals surface area contributed by atoms with E-state index in [9.17, 15) is 0 Å². The Bertz CT molecular complexity index is 571. The molecule has 0 bridgehead atoms. The maximum Gasteiger partial charge on any atom is 0.230 e. The minimum Gasteiger partial charge on any atom is -0.339 e. The predicted molar refractivity (Wildman–Crippen MR) is 71.7 cm³/mol. The highest BCUT2D eigenvalue weighted by Gasteiger charge is 2.32.